The molecular weight excluding hydrogens is 523 g/mol. The first-order valence-corrected chi connectivity index (χ1v) is 13.8. The number of nitrogens with zero attached hydrogens (tertiary/aromatic N) is 3. The van der Waals surface area contributed by atoms with Crippen LogP contribution < -0.4 is 10.6 Å². The van der Waals surface area contributed by atoms with Crippen LogP contribution in [0.25, 0.3) is 22.2 Å². The van der Waals surface area contributed by atoms with Gasteiger partial charge in [0.15, 0.2) is 0 Å². The lowest BCUT2D eigenvalue weighted by Crippen LogP contribution is -2.25. The molecule has 204 valence electrons. The second kappa shape index (κ2) is 12.3. The minimum Gasteiger partial charge on any atom is -0.369 e. The Bertz CT molecular complexity index is 1420. The van der Waals surface area contributed by atoms with Crippen molar-refractivity contribution in [2.75, 3.05) is 18.4 Å². The average molecular weight is 554 g/mol. The maximum Gasteiger partial charge on any atom is 0.418 e. The molecule has 2 N–H and O–H groups in total. The summed E-state index contributed by atoms with van der Waals surface area (Å²) in [5.74, 6) is 1.89. The number of benzene rings is 2. The minimum atomic E-state index is -4.51. The van der Waals surface area contributed by atoms with Crippen LogP contribution in [-0.4, -0.2) is 28.0 Å². The first kappa shape index (κ1) is 27.3. The van der Waals surface area contributed by atoms with E-state index in [1.165, 1.54) is 44.4 Å². The van der Waals surface area contributed by atoms with Gasteiger partial charge in [0.05, 0.1) is 23.3 Å². The van der Waals surface area contributed by atoms with Crippen LogP contribution in [-0.2, 0) is 19.1 Å². The summed E-state index contributed by atoms with van der Waals surface area (Å²) in [4.78, 5) is 13.6. The van der Waals surface area contributed by atoms with E-state index in [1.54, 1.807) is 18.2 Å². The van der Waals surface area contributed by atoms with Gasteiger partial charge in [0, 0.05) is 28.7 Å². The molecule has 0 atom stereocenters. The van der Waals surface area contributed by atoms with Crippen molar-refractivity contribution in [3.63, 3.8) is 0 Å². The molecule has 0 unspecified atom stereocenters. The van der Waals surface area contributed by atoms with Gasteiger partial charge in [0.2, 0.25) is 0 Å². The Labute approximate surface area is 231 Å². The van der Waals surface area contributed by atoms with Crippen LogP contribution in [0, 0.1) is 5.92 Å². The maximum absolute atomic E-state index is 13.7. The average Bonchev–Trinajstić information content (AvgIpc) is 2.94. The minimum absolute atomic E-state index is 0.115. The van der Waals surface area contributed by atoms with Crippen LogP contribution >= 0.6 is 11.6 Å². The van der Waals surface area contributed by atoms with Crippen molar-refractivity contribution in [1.82, 2.24) is 20.3 Å². The Hall–Kier alpha value is -3.23. The predicted molar refractivity (Wildman–Crippen MR) is 150 cm³/mol. The fourth-order valence-corrected chi connectivity index (χ4v) is 5.43. The molecular formula is C30H31ClF3N5. The topological polar surface area (TPSA) is 62.7 Å². The van der Waals surface area contributed by atoms with Crippen LogP contribution in [0.5, 0.6) is 0 Å². The van der Waals surface area contributed by atoms with E-state index in [9.17, 15) is 13.2 Å². The fraction of sp³-hybridized carbons (Fsp3) is 0.367. The van der Waals surface area contributed by atoms with E-state index in [0.717, 1.165) is 23.6 Å². The lowest BCUT2D eigenvalue weighted by molar-refractivity contribution is -0.137. The van der Waals surface area contributed by atoms with E-state index in [2.05, 4.69) is 15.6 Å². The van der Waals surface area contributed by atoms with Crippen LogP contribution in [0.4, 0.5) is 19.0 Å². The number of pyridine rings is 1. The number of rotatable bonds is 9. The van der Waals surface area contributed by atoms with Crippen LogP contribution in [0.1, 0.15) is 49.1 Å². The van der Waals surface area contributed by atoms with Crippen molar-refractivity contribution >= 4 is 28.3 Å². The normalized spacial score (nSPS) is 14.6. The van der Waals surface area contributed by atoms with Gasteiger partial charge < -0.3 is 10.6 Å². The Kier molecular flexibility index (Phi) is 8.63. The zero-order chi connectivity index (χ0) is 27.2. The Morgan fingerprint density at radius 3 is 2.56 bits per heavy atom. The van der Waals surface area contributed by atoms with Crippen molar-refractivity contribution in [3.8, 4) is 11.3 Å². The van der Waals surface area contributed by atoms with Crippen molar-refractivity contribution in [1.29, 1.82) is 0 Å². The summed E-state index contributed by atoms with van der Waals surface area (Å²) < 4.78 is 41.1. The molecule has 0 radical (unpaired) electrons. The molecule has 1 fully saturated rings. The number of aromatic nitrogens is 3. The highest BCUT2D eigenvalue weighted by atomic mass is 35.5. The van der Waals surface area contributed by atoms with Gasteiger partial charge >= 0.3 is 6.18 Å². The SMILES string of the molecule is FC(F)(F)c1cccnc1-c1ccc2c(NCCc3ccccc3Cl)nc(CNCC3CCCCC3)nc2c1. The van der Waals surface area contributed by atoms with E-state index in [4.69, 9.17) is 21.6 Å². The third-order valence-electron chi connectivity index (χ3n) is 7.22. The van der Waals surface area contributed by atoms with E-state index < -0.39 is 11.7 Å². The Morgan fingerprint density at radius 2 is 1.77 bits per heavy atom. The molecule has 0 saturated heterocycles. The number of hydrogen-bond donors (Lipinski definition) is 2. The molecule has 1 aliphatic rings. The third-order valence-corrected chi connectivity index (χ3v) is 7.58. The van der Waals surface area contributed by atoms with E-state index in [0.29, 0.717) is 53.2 Å². The summed E-state index contributed by atoms with van der Waals surface area (Å²) in [6.07, 6.45) is 3.87. The molecule has 1 saturated carbocycles. The van der Waals surface area contributed by atoms with Crippen molar-refractivity contribution in [2.24, 2.45) is 5.92 Å². The lowest BCUT2D eigenvalue weighted by Gasteiger charge is -2.21. The second-order valence-electron chi connectivity index (χ2n) is 10.0. The standard InChI is InChI=1S/C30H31ClF3N5/c31-25-11-5-4-9-21(25)14-16-37-29-23-13-12-22(28-24(30(32,33)34)10-6-15-36-28)17-26(23)38-27(39-29)19-35-18-20-7-2-1-3-8-20/h4-6,9-13,15,17,20,35H,1-3,7-8,14,16,18-19H2,(H,37,38,39). The highest BCUT2D eigenvalue weighted by Crippen LogP contribution is 2.37. The number of alkyl halides is 3. The van der Waals surface area contributed by atoms with Gasteiger partial charge in [0.25, 0.3) is 0 Å². The zero-order valence-electron chi connectivity index (χ0n) is 21.6. The summed E-state index contributed by atoms with van der Waals surface area (Å²) in [5.41, 5.74) is 1.06. The maximum atomic E-state index is 13.7. The largest absolute Gasteiger partial charge is 0.418 e. The van der Waals surface area contributed by atoms with E-state index in [1.807, 2.05) is 24.3 Å². The monoisotopic (exact) mass is 553 g/mol. The summed E-state index contributed by atoms with van der Waals surface area (Å²) >= 11 is 6.32. The molecule has 0 bridgehead atoms. The summed E-state index contributed by atoms with van der Waals surface area (Å²) in [6, 6.07) is 15.1. The quantitative estimate of drug-likeness (QED) is 0.222. The molecule has 2 aromatic carbocycles. The number of fused-ring (bicyclic) bond motifs is 1. The zero-order valence-corrected chi connectivity index (χ0v) is 22.3. The van der Waals surface area contributed by atoms with Crippen molar-refractivity contribution < 1.29 is 13.2 Å². The third kappa shape index (κ3) is 6.86. The van der Waals surface area contributed by atoms with Gasteiger partial charge in [-0.05, 0) is 67.6 Å². The molecule has 1 aliphatic carbocycles. The molecule has 2 aromatic heterocycles. The van der Waals surface area contributed by atoms with Gasteiger partial charge in [-0.1, -0.05) is 55.1 Å². The van der Waals surface area contributed by atoms with Crippen molar-refractivity contribution in [2.45, 2.75) is 51.2 Å². The predicted octanol–water partition coefficient (Wildman–Crippen LogP) is 7.69. The number of halogens is 4. The lowest BCUT2D eigenvalue weighted by atomic mass is 9.89. The van der Waals surface area contributed by atoms with Crippen molar-refractivity contribution in [3.05, 3.63) is 82.8 Å². The van der Waals surface area contributed by atoms with Crippen LogP contribution in [0.2, 0.25) is 5.02 Å². The molecule has 2 heterocycles. The van der Waals surface area contributed by atoms with E-state index >= 15 is 0 Å². The highest BCUT2D eigenvalue weighted by molar-refractivity contribution is 6.31. The molecule has 5 rings (SSSR count). The van der Waals surface area contributed by atoms with E-state index in [-0.39, 0.29) is 5.69 Å². The molecule has 5 nitrogen and oxygen atoms in total. The first-order chi connectivity index (χ1) is 18.9. The highest BCUT2D eigenvalue weighted by Gasteiger charge is 2.34. The number of hydrogen-bond acceptors (Lipinski definition) is 5. The van der Waals surface area contributed by atoms with Gasteiger partial charge in [-0.15, -0.1) is 0 Å². The summed E-state index contributed by atoms with van der Waals surface area (Å²) in [5, 5.41) is 8.34. The first-order valence-electron chi connectivity index (χ1n) is 13.4. The molecule has 0 amide bonds. The molecule has 39 heavy (non-hydrogen) atoms. The molecule has 0 spiro atoms. The Balaban J connectivity index is 1.43. The van der Waals surface area contributed by atoms with Gasteiger partial charge in [-0.3, -0.25) is 4.98 Å². The molecule has 0 aliphatic heterocycles. The number of anilines is 1. The van der Waals surface area contributed by atoms with Crippen LogP contribution in [0.15, 0.2) is 60.8 Å². The fourth-order valence-electron chi connectivity index (χ4n) is 5.20. The number of nitrogens with one attached hydrogen (secondary N) is 2. The molecule has 9 heteroatoms. The smallest absolute Gasteiger partial charge is 0.369 e. The summed E-state index contributed by atoms with van der Waals surface area (Å²) in [7, 11) is 0. The molecule has 4 aromatic rings. The Morgan fingerprint density at radius 1 is 0.949 bits per heavy atom. The summed E-state index contributed by atoms with van der Waals surface area (Å²) in [6.45, 7) is 1.97. The van der Waals surface area contributed by atoms with Gasteiger partial charge in [-0.2, -0.15) is 13.2 Å². The van der Waals surface area contributed by atoms with Gasteiger partial charge in [0.1, 0.15) is 11.6 Å². The van der Waals surface area contributed by atoms with Crippen LogP contribution in [0.3, 0.4) is 0 Å². The van der Waals surface area contributed by atoms with Gasteiger partial charge in [-0.25, -0.2) is 9.97 Å². The second-order valence-corrected chi connectivity index (χ2v) is 10.4.